The van der Waals surface area contributed by atoms with E-state index in [1.165, 1.54) is 11.8 Å². The number of anilines is 2. The fourth-order valence-corrected chi connectivity index (χ4v) is 3.28. The zero-order chi connectivity index (χ0) is 16.6. The Morgan fingerprint density at radius 1 is 1.30 bits per heavy atom. The van der Waals surface area contributed by atoms with Crippen LogP contribution in [0.4, 0.5) is 11.4 Å². The summed E-state index contributed by atoms with van der Waals surface area (Å²) in [6, 6.07) is 9.08. The minimum atomic E-state index is -0.116. The van der Waals surface area contributed by atoms with Crippen LogP contribution in [0, 0.1) is 5.92 Å². The topological polar surface area (TPSA) is 62.3 Å². The number of amides is 2. The molecule has 0 saturated carbocycles. The normalized spacial score (nSPS) is 13.4. The van der Waals surface area contributed by atoms with Crippen molar-refractivity contribution >= 4 is 35.0 Å². The highest BCUT2D eigenvalue weighted by molar-refractivity contribution is 7.99. The van der Waals surface area contributed by atoms with Crippen molar-refractivity contribution in [1.82, 2.24) is 4.98 Å². The molecule has 0 aliphatic carbocycles. The molecule has 0 radical (unpaired) electrons. The Morgan fingerprint density at radius 3 is 2.83 bits per heavy atom. The summed E-state index contributed by atoms with van der Waals surface area (Å²) in [5.41, 5.74) is 1.98. The number of aromatic nitrogens is 1. The molecular formula is C17H17N3O2S. The summed E-state index contributed by atoms with van der Waals surface area (Å²) in [4.78, 5) is 31.4. The summed E-state index contributed by atoms with van der Waals surface area (Å²) >= 11 is 1.46. The first-order chi connectivity index (χ1) is 11.0. The van der Waals surface area contributed by atoms with Gasteiger partial charge in [0.2, 0.25) is 5.91 Å². The molecule has 2 heterocycles. The third-order valence-electron chi connectivity index (χ3n) is 3.63. The van der Waals surface area contributed by atoms with Gasteiger partial charge in [-0.05, 0) is 30.3 Å². The number of benzene rings is 1. The molecular weight excluding hydrogens is 310 g/mol. The van der Waals surface area contributed by atoms with Gasteiger partial charge >= 0.3 is 0 Å². The van der Waals surface area contributed by atoms with Crippen LogP contribution in [-0.2, 0) is 4.79 Å². The Labute approximate surface area is 139 Å². The van der Waals surface area contributed by atoms with Gasteiger partial charge in [0, 0.05) is 29.7 Å². The van der Waals surface area contributed by atoms with Crippen molar-refractivity contribution in [2.75, 3.05) is 17.3 Å². The lowest BCUT2D eigenvalue weighted by atomic mass is 10.1. The number of carbonyl (C=O) groups excluding carboxylic acids is 2. The Morgan fingerprint density at radius 2 is 2.09 bits per heavy atom. The molecule has 1 aliphatic rings. The van der Waals surface area contributed by atoms with E-state index in [-0.39, 0.29) is 17.7 Å². The number of carbonyl (C=O) groups is 2. The van der Waals surface area contributed by atoms with Gasteiger partial charge in [-0.3, -0.25) is 9.59 Å². The fraction of sp³-hybridized carbons (Fsp3) is 0.235. The summed E-state index contributed by atoms with van der Waals surface area (Å²) < 4.78 is 0. The smallest absolute Gasteiger partial charge is 0.259 e. The highest BCUT2D eigenvalue weighted by Gasteiger charge is 2.25. The van der Waals surface area contributed by atoms with Crippen LogP contribution in [0.5, 0.6) is 0 Å². The number of hydrogen-bond donors (Lipinski definition) is 1. The van der Waals surface area contributed by atoms with Crippen LogP contribution in [0.1, 0.15) is 24.2 Å². The lowest BCUT2D eigenvalue weighted by Gasteiger charge is -2.16. The van der Waals surface area contributed by atoms with Gasteiger partial charge < -0.3 is 10.2 Å². The van der Waals surface area contributed by atoms with E-state index in [2.05, 4.69) is 10.3 Å². The average Bonchev–Trinajstić information content (AvgIpc) is 2.64. The van der Waals surface area contributed by atoms with Crippen LogP contribution in [0.2, 0.25) is 0 Å². The van der Waals surface area contributed by atoms with Gasteiger partial charge in [-0.15, -0.1) is 0 Å². The minimum absolute atomic E-state index is 0.0722. The predicted octanol–water partition coefficient (Wildman–Crippen LogP) is 3.42. The first kappa shape index (κ1) is 15.6. The van der Waals surface area contributed by atoms with E-state index in [1.807, 2.05) is 38.1 Å². The van der Waals surface area contributed by atoms with Gasteiger partial charge in [0.05, 0.1) is 11.3 Å². The standard InChI is InChI=1S/C17H17N3O2S/c1-10(2)15(21)19-11-6-7-14-12(9-11)17(22)20(3)13-5-4-8-18-16(13)23-14/h4-10H,1-3H3,(H,19,21). The molecule has 0 fully saturated rings. The molecule has 1 aliphatic heterocycles. The van der Waals surface area contributed by atoms with E-state index in [0.29, 0.717) is 11.3 Å². The number of fused-ring (bicyclic) bond motifs is 2. The fourth-order valence-electron chi connectivity index (χ4n) is 2.26. The summed E-state index contributed by atoms with van der Waals surface area (Å²) in [6.45, 7) is 3.66. The van der Waals surface area contributed by atoms with Crippen LogP contribution < -0.4 is 10.2 Å². The van der Waals surface area contributed by atoms with E-state index in [0.717, 1.165) is 15.6 Å². The van der Waals surface area contributed by atoms with Crippen LogP contribution >= 0.6 is 11.8 Å². The van der Waals surface area contributed by atoms with E-state index in [1.54, 1.807) is 24.2 Å². The van der Waals surface area contributed by atoms with E-state index in [9.17, 15) is 9.59 Å². The van der Waals surface area contributed by atoms with Crippen LogP contribution in [-0.4, -0.2) is 23.8 Å². The summed E-state index contributed by atoms with van der Waals surface area (Å²) in [7, 11) is 1.73. The molecule has 0 bridgehead atoms. The highest BCUT2D eigenvalue weighted by atomic mass is 32.2. The molecule has 6 heteroatoms. The van der Waals surface area contributed by atoms with Crippen LogP contribution in [0.15, 0.2) is 46.5 Å². The molecule has 3 rings (SSSR count). The van der Waals surface area contributed by atoms with Gasteiger partial charge in [-0.1, -0.05) is 25.6 Å². The van der Waals surface area contributed by atoms with E-state index < -0.39 is 0 Å². The second-order valence-corrected chi connectivity index (χ2v) is 6.68. The van der Waals surface area contributed by atoms with Crippen molar-refractivity contribution in [3.05, 3.63) is 42.1 Å². The van der Waals surface area contributed by atoms with Crippen molar-refractivity contribution < 1.29 is 9.59 Å². The van der Waals surface area contributed by atoms with Gasteiger partial charge in [0.25, 0.3) is 5.91 Å². The number of hydrogen-bond acceptors (Lipinski definition) is 4. The monoisotopic (exact) mass is 327 g/mol. The zero-order valence-corrected chi connectivity index (χ0v) is 14.0. The zero-order valence-electron chi connectivity index (χ0n) is 13.2. The number of pyridine rings is 1. The van der Waals surface area contributed by atoms with Gasteiger partial charge in [0.15, 0.2) is 0 Å². The molecule has 0 spiro atoms. The second-order valence-electron chi connectivity index (χ2n) is 5.65. The predicted molar refractivity (Wildman–Crippen MR) is 91.0 cm³/mol. The molecule has 2 aromatic rings. The maximum absolute atomic E-state index is 12.7. The summed E-state index contributed by atoms with van der Waals surface area (Å²) in [5.74, 6) is -0.299. The summed E-state index contributed by atoms with van der Waals surface area (Å²) in [6.07, 6.45) is 1.71. The van der Waals surface area contributed by atoms with Crippen molar-refractivity contribution in [3.8, 4) is 0 Å². The minimum Gasteiger partial charge on any atom is -0.326 e. The Bertz CT molecular complexity index is 789. The van der Waals surface area contributed by atoms with E-state index >= 15 is 0 Å². The van der Waals surface area contributed by atoms with Gasteiger partial charge in [0.1, 0.15) is 5.03 Å². The van der Waals surface area contributed by atoms with Crippen molar-refractivity contribution in [2.24, 2.45) is 5.92 Å². The number of nitrogens with one attached hydrogen (secondary N) is 1. The molecule has 1 aromatic heterocycles. The first-order valence-corrected chi connectivity index (χ1v) is 8.15. The van der Waals surface area contributed by atoms with Gasteiger partial charge in [-0.25, -0.2) is 4.98 Å². The molecule has 2 amide bonds. The first-order valence-electron chi connectivity index (χ1n) is 7.33. The lowest BCUT2D eigenvalue weighted by molar-refractivity contribution is -0.118. The maximum atomic E-state index is 12.7. The maximum Gasteiger partial charge on any atom is 0.259 e. The molecule has 1 aromatic carbocycles. The van der Waals surface area contributed by atoms with Crippen molar-refractivity contribution in [1.29, 1.82) is 0 Å². The third-order valence-corrected chi connectivity index (χ3v) is 4.71. The van der Waals surface area contributed by atoms with Crippen LogP contribution in [0.25, 0.3) is 0 Å². The Hall–Kier alpha value is -2.34. The molecule has 5 nitrogen and oxygen atoms in total. The summed E-state index contributed by atoms with van der Waals surface area (Å²) in [5, 5.41) is 3.63. The molecule has 118 valence electrons. The van der Waals surface area contributed by atoms with Crippen molar-refractivity contribution in [3.63, 3.8) is 0 Å². The van der Waals surface area contributed by atoms with E-state index in [4.69, 9.17) is 0 Å². The molecule has 1 N–H and O–H groups in total. The Kier molecular flexibility index (Phi) is 4.09. The van der Waals surface area contributed by atoms with Crippen molar-refractivity contribution in [2.45, 2.75) is 23.8 Å². The molecule has 23 heavy (non-hydrogen) atoms. The lowest BCUT2D eigenvalue weighted by Crippen LogP contribution is -2.26. The molecule has 0 atom stereocenters. The van der Waals surface area contributed by atoms with Gasteiger partial charge in [-0.2, -0.15) is 0 Å². The molecule has 0 unspecified atom stereocenters. The van der Waals surface area contributed by atoms with Crippen LogP contribution in [0.3, 0.4) is 0 Å². The quantitative estimate of drug-likeness (QED) is 0.918. The highest BCUT2D eigenvalue weighted by Crippen LogP contribution is 2.40. The second kappa shape index (κ2) is 6.04. The number of nitrogens with zero attached hydrogens (tertiary/aromatic N) is 2. The number of rotatable bonds is 2. The third kappa shape index (κ3) is 2.94. The molecule has 0 saturated heterocycles. The Balaban J connectivity index is 2.01. The average molecular weight is 327 g/mol. The largest absolute Gasteiger partial charge is 0.326 e. The SMILES string of the molecule is CC(C)C(=O)Nc1ccc2c(c1)C(=O)N(C)c1cccnc1S2.